The van der Waals surface area contributed by atoms with Gasteiger partial charge in [-0.15, -0.1) is 0 Å². The number of rotatable bonds is 5. The summed E-state index contributed by atoms with van der Waals surface area (Å²) in [6.45, 7) is 0.731. The second-order valence-corrected chi connectivity index (χ2v) is 5.55. The van der Waals surface area contributed by atoms with Gasteiger partial charge in [-0.05, 0) is 51.8 Å². The smallest absolute Gasteiger partial charge is 0.118 e. The molecule has 0 fully saturated rings. The van der Waals surface area contributed by atoms with Crippen molar-refractivity contribution in [3.63, 3.8) is 0 Å². The Morgan fingerprint density at radius 2 is 1.95 bits per heavy atom. The van der Waals surface area contributed by atoms with Gasteiger partial charge in [-0.1, -0.05) is 24.4 Å². The Labute approximate surface area is 132 Å². The molecule has 2 aromatic carbocycles. The van der Waals surface area contributed by atoms with E-state index in [9.17, 15) is 0 Å². The van der Waals surface area contributed by atoms with E-state index in [1.807, 2.05) is 42.5 Å². The molecule has 0 unspecified atom stereocenters. The van der Waals surface area contributed by atoms with Crippen LogP contribution in [0.15, 0.2) is 46.9 Å². The van der Waals surface area contributed by atoms with Crippen LogP contribution in [0.2, 0.25) is 0 Å². The van der Waals surface area contributed by atoms with Crippen LogP contribution < -0.4 is 15.8 Å². The lowest BCUT2D eigenvalue weighted by Crippen LogP contribution is -2.09. The Hall–Kier alpha value is -1.59. The first-order chi connectivity index (χ1) is 9.60. The number of ether oxygens (including phenoxy) is 1. The van der Waals surface area contributed by atoms with Crippen LogP contribution in [-0.4, -0.2) is 12.1 Å². The second kappa shape index (κ2) is 6.72. The average Bonchev–Trinajstić information content (AvgIpc) is 2.46. The molecule has 0 aliphatic carbocycles. The number of methoxy groups -OCH3 is 1. The summed E-state index contributed by atoms with van der Waals surface area (Å²) >= 11 is 8.47. The fourth-order valence-electron chi connectivity index (χ4n) is 1.75. The van der Waals surface area contributed by atoms with Crippen LogP contribution in [0.3, 0.4) is 0 Å². The number of benzene rings is 2. The van der Waals surface area contributed by atoms with E-state index in [0.29, 0.717) is 4.99 Å². The summed E-state index contributed by atoms with van der Waals surface area (Å²) in [5, 5.41) is 3.36. The number of halogens is 1. The number of nitrogens with two attached hydrogens (primary N) is 1. The average molecular weight is 351 g/mol. The lowest BCUT2D eigenvalue weighted by molar-refractivity contribution is 0.414. The van der Waals surface area contributed by atoms with E-state index in [2.05, 4.69) is 21.2 Å². The van der Waals surface area contributed by atoms with Crippen molar-refractivity contribution in [3.05, 3.63) is 58.1 Å². The standard InChI is InChI=1S/C15H15BrN2OS/c1-19-12-5-2-10(3-6-12)9-18-14-7-4-11(15(17)20)8-13(14)16/h2-8,18H,9H2,1H3,(H2,17,20). The Balaban J connectivity index is 2.04. The van der Waals surface area contributed by atoms with E-state index in [1.54, 1.807) is 7.11 Å². The number of nitrogens with one attached hydrogen (secondary N) is 1. The van der Waals surface area contributed by atoms with E-state index in [1.165, 1.54) is 5.56 Å². The minimum absolute atomic E-state index is 0.396. The van der Waals surface area contributed by atoms with Gasteiger partial charge in [0.05, 0.1) is 7.11 Å². The summed E-state index contributed by atoms with van der Waals surface area (Å²) in [6.07, 6.45) is 0. The van der Waals surface area contributed by atoms with Crippen molar-refractivity contribution >= 4 is 38.8 Å². The van der Waals surface area contributed by atoms with Crippen LogP contribution in [0.1, 0.15) is 11.1 Å². The van der Waals surface area contributed by atoms with Crippen molar-refractivity contribution in [1.82, 2.24) is 0 Å². The molecule has 0 amide bonds. The number of thiocarbonyl (C=S) groups is 1. The highest BCUT2D eigenvalue weighted by atomic mass is 79.9. The SMILES string of the molecule is COc1ccc(CNc2ccc(C(N)=S)cc2Br)cc1. The molecule has 0 saturated heterocycles. The summed E-state index contributed by atoms with van der Waals surface area (Å²) in [5.41, 5.74) is 8.63. The zero-order valence-corrected chi connectivity index (χ0v) is 13.4. The molecule has 0 saturated carbocycles. The predicted molar refractivity (Wildman–Crippen MR) is 90.4 cm³/mol. The molecule has 0 bridgehead atoms. The number of hydrogen-bond donors (Lipinski definition) is 2. The molecule has 5 heteroatoms. The van der Waals surface area contributed by atoms with Crippen LogP contribution in [-0.2, 0) is 6.54 Å². The maximum atomic E-state index is 5.60. The molecule has 3 nitrogen and oxygen atoms in total. The monoisotopic (exact) mass is 350 g/mol. The predicted octanol–water partition coefficient (Wildman–Crippen LogP) is 3.70. The van der Waals surface area contributed by atoms with E-state index in [0.717, 1.165) is 28.0 Å². The zero-order valence-electron chi connectivity index (χ0n) is 11.0. The summed E-state index contributed by atoms with van der Waals surface area (Å²) in [4.78, 5) is 0.396. The third-order valence-electron chi connectivity index (χ3n) is 2.90. The first-order valence-electron chi connectivity index (χ1n) is 6.06. The van der Waals surface area contributed by atoms with Crippen LogP contribution in [0.25, 0.3) is 0 Å². The van der Waals surface area contributed by atoms with Gasteiger partial charge < -0.3 is 15.8 Å². The highest BCUT2D eigenvalue weighted by Crippen LogP contribution is 2.24. The van der Waals surface area contributed by atoms with E-state index in [-0.39, 0.29) is 0 Å². The first-order valence-corrected chi connectivity index (χ1v) is 7.26. The van der Waals surface area contributed by atoms with Gasteiger partial charge in [0.25, 0.3) is 0 Å². The van der Waals surface area contributed by atoms with Gasteiger partial charge in [0, 0.05) is 22.3 Å². The highest BCUT2D eigenvalue weighted by Gasteiger charge is 2.03. The molecule has 3 N–H and O–H groups in total. The van der Waals surface area contributed by atoms with Crippen molar-refractivity contribution in [3.8, 4) is 5.75 Å². The topological polar surface area (TPSA) is 47.3 Å². The Morgan fingerprint density at radius 1 is 1.25 bits per heavy atom. The maximum Gasteiger partial charge on any atom is 0.118 e. The molecule has 0 aliphatic heterocycles. The fourth-order valence-corrected chi connectivity index (χ4v) is 2.40. The van der Waals surface area contributed by atoms with Crippen molar-refractivity contribution < 1.29 is 4.74 Å². The normalized spacial score (nSPS) is 10.1. The highest BCUT2D eigenvalue weighted by molar-refractivity contribution is 9.10. The van der Waals surface area contributed by atoms with E-state index < -0.39 is 0 Å². The summed E-state index contributed by atoms with van der Waals surface area (Å²) in [6, 6.07) is 13.7. The maximum absolute atomic E-state index is 5.60. The minimum Gasteiger partial charge on any atom is -0.497 e. The van der Waals surface area contributed by atoms with Crippen molar-refractivity contribution in [2.45, 2.75) is 6.54 Å². The molecule has 0 spiro atoms. The Bertz CT molecular complexity index is 614. The molecule has 0 radical (unpaired) electrons. The van der Waals surface area contributed by atoms with Gasteiger partial charge in [0.15, 0.2) is 0 Å². The zero-order chi connectivity index (χ0) is 14.5. The largest absolute Gasteiger partial charge is 0.497 e. The van der Waals surface area contributed by atoms with Crippen LogP contribution >= 0.6 is 28.1 Å². The van der Waals surface area contributed by atoms with Gasteiger partial charge in [-0.3, -0.25) is 0 Å². The molecular formula is C15H15BrN2OS. The van der Waals surface area contributed by atoms with E-state index >= 15 is 0 Å². The van der Waals surface area contributed by atoms with E-state index in [4.69, 9.17) is 22.7 Å². The lowest BCUT2D eigenvalue weighted by atomic mass is 10.2. The van der Waals surface area contributed by atoms with Gasteiger partial charge in [0.1, 0.15) is 10.7 Å². The lowest BCUT2D eigenvalue weighted by Gasteiger charge is -2.10. The minimum atomic E-state index is 0.396. The first kappa shape index (κ1) is 14.8. The molecule has 0 atom stereocenters. The van der Waals surface area contributed by atoms with Crippen LogP contribution in [0.4, 0.5) is 5.69 Å². The fraction of sp³-hybridized carbons (Fsp3) is 0.133. The number of anilines is 1. The van der Waals surface area contributed by atoms with Crippen LogP contribution in [0, 0.1) is 0 Å². The van der Waals surface area contributed by atoms with Gasteiger partial charge in [-0.25, -0.2) is 0 Å². The second-order valence-electron chi connectivity index (χ2n) is 4.26. The van der Waals surface area contributed by atoms with Crippen molar-refractivity contribution in [2.75, 3.05) is 12.4 Å². The van der Waals surface area contributed by atoms with Gasteiger partial charge >= 0.3 is 0 Å². The Morgan fingerprint density at radius 3 is 2.50 bits per heavy atom. The third-order valence-corrected chi connectivity index (χ3v) is 3.79. The molecule has 2 rings (SSSR count). The molecule has 0 aromatic heterocycles. The quantitative estimate of drug-likeness (QED) is 0.807. The van der Waals surface area contributed by atoms with Crippen molar-refractivity contribution in [1.29, 1.82) is 0 Å². The molecule has 0 heterocycles. The van der Waals surface area contributed by atoms with Crippen molar-refractivity contribution in [2.24, 2.45) is 5.73 Å². The number of hydrogen-bond acceptors (Lipinski definition) is 3. The molecule has 20 heavy (non-hydrogen) atoms. The summed E-state index contributed by atoms with van der Waals surface area (Å²) < 4.78 is 6.08. The summed E-state index contributed by atoms with van der Waals surface area (Å²) in [7, 11) is 1.66. The van der Waals surface area contributed by atoms with Gasteiger partial charge in [-0.2, -0.15) is 0 Å². The van der Waals surface area contributed by atoms with Gasteiger partial charge in [0.2, 0.25) is 0 Å². The molecule has 2 aromatic rings. The molecular weight excluding hydrogens is 336 g/mol. The van der Waals surface area contributed by atoms with Crippen LogP contribution in [0.5, 0.6) is 5.75 Å². The Kier molecular flexibility index (Phi) is 4.98. The molecule has 0 aliphatic rings. The third kappa shape index (κ3) is 3.71. The summed E-state index contributed by atoms with van der Waals surface area (Å²) in [5.74, 6) is 0.857. The molecule has 104 valence electrons.